The van der Waals surface area contributed by atoms with Crippen molar-refractivity contribution < 1.29 is 9.13 Å². The van der Waals surface area contributed by atoms with E-state index in [0.717, 1.165) is 0 Å². The maximum Gasteiger partial charge on any atom is 0.254 e. The largest absolute Gasteiger partial charge is 0.482 e. The van der Waals surface area contributed by atoms with Gasteiger partial charge < -0.3 is 10.5 Å². The fraction of sp³-hybridized carbons (Fsp3) is 0.182. The molecule has 4 aromatic rings. The Labute approximate surface area is 186 Å². The van der Waals surface area contributed by atoms with E-state index in [0.29, 0.717) is 33.9 Å². The van der Waals surface area contributed by atoms with E-state index in [2.05, 4.69) is 26.3 Å². The standard InChI is InChI=1S/C22H17FN8O2/c1-11-14-7-12(23)3-4-13(14)22-26-6-5-19(32)31(22)10-16-20(17(9-24)30(2)29-16)15-8-18(33-11)21(25)28-27-15/h3-8,11H,10H2,1-2H3,(H2,25,28)/t11-/m1/s1. The molecule has 0 saturated carbocycles. The molecule has 0 radical (unpaired) electrons. The van der Waals surface area contributed by atoms with E-state index in [4.69, 9.17) is 10.5 Å². The Balaban J connectivity index is 1.88. The molecule has 4 heterocycles. The molecule has 0 unspecified atom stereocenters. The van der Waals surface area contributed by atoms with Crippen LogP contribution in [0.4, 0.5) is 10.2 Å². The zero-order valence-corrected chi connectivity index (χ0v) is 17.7. The SMILES string of the molecule is C[C@H]1Oc2cc(nnc2N)-c2c(nn(C)c2C#N)Cn2c(nccc2=O)-c2ccc(F)cc21. The molecule has 11 heteroatoms. The summed E-state index contributed by atoms with van der Waals surface area (Å²) < 4.78 is 23.1. The second-order valence-electron chi connectivity index (χ2n) is 7.57. The van der Waals surface area contributed by atoms with E-state index in [1.54, 1.807) is 26.1 Å². The van der Waals surface area contributed by atoms with E-state index < -0.39 is 11.9 Å². The summed E-state index contributed by atoms with van der Waals surface area (Å²) in [6, 6.07) is 9.19. The lowest BCUT2D eigenvalue weighted by Gasteiger charge is -2.21. The van der Waals surface area contributed by atoms with Gasteiger partial charge in [0.05, 0.1) is 17.8 Å². The normalized spacial score (nSPS) is 14.5. The Morgan fingerprint density at radius 3 is 2.88 bits per heavy atom. The number of aryl methyl sites for hydroxylation is 1. The molecule has 2 bridgehead atoms. The number of anilines is 1. The van der Waals surface area contributed by atoms with Crippen molar-refractivity contribution in [3.8, 4) is 34.5 Å². The van der Waals surface area contributed by atoms with Gasteiger partial charge in [0.25, 0.3) is 5.56 Å². The minimum atomic E-state index is -0.677. The molecule has 0 saturated heterocycles. The third kappa shape index (κ3) is 3.28. The Kier molecular flexibility index (Phi) is 4.63. The van der Waals surface area contributed by atoms with E-state index >= 15 is 0 Å². The van der Waals surface area contributed by atoms with Crippen LogP contribution in [0.25, 0.3) is 22.6 Å². The monoisotopic (exact) mass is 444 g/mol. The van der Waals surface area contributed by atoms with Gasteiger partial charge in [-0.25, -0.2) is 9.37 Å². The Morgan fingerprint density at radius 1 is 1.27 bits per heavy atom. The number of nitriles is 1. The van der Waals surface area contributed by atoms with Gasteiger partial charge in [0, 0.05) is 36.5 Å². The smallest absolute Gasteiger partial charge is 0.254 e. The first-order valence-electron chi connectivity index (χ1n) is 9.99. The zero-order valence-electron chi connectivity index (χ0n) is 17.7. The molecule has 1 atom stereocenters. The summed E-state index contributed by atoms with van der Waals surface area (Å²) in [5.41, 5.74) is 8.02. The summed E-state index contributed by atoms with van der Waals surface area (Å²) in [7, 11) is 1.62. The Morgan fingerprint density at radius 2 is 2.09 bits per heavy atom. The van der Waals surface area contributed by atoms with Gasteiger partial charge in [-0.2, -0.15) is 10.4 Å². The fourth-order valence-corrected chi connectivity index (χ4v) is 3.97. The van der Waals surface area contributed by atoms with Gasteiger partial charge in [0.1, 0.15) is 35.2 Å². The van der Waals surface area contributed by atoms with Gasteiger partial charge in [-0.1, -0.05) is 0 Å². The van der Waals surface area contributed by atoms with Crippen LogP contribution in [-0.2, 0) is 13.6 Å². The highest BCUT2D eigenvalue weighted by Gasteiger charge is 2.26. The minimum absolute atomic E-state index is 0.000302. The first-order valence-corrected chi connectivity index (χ1v) is 9.99. The lowest BCUT2D eigenvalue weighted by Crippen LogP contribution is -2.24. The highest BCUT2D eigenvalue weighted by atomic mass is 19.1. The molecule has 10 nitrogen and oxygen atoms in total. The van der Waals surface area contributed by atoms with Crippen molar-refractivity contribution in [1.29, 1.82) is 5.26 Å². The van der Waals surface area contributed by atoms with Crippen LogP contribution in [0.5, 0.6) is 5.75 Å². The Hall–Kier alpha value is -4.59. The average molecular weight is 444 g/mol. The summed E-state index contributed by atoms with van der Waals surface area (Å²) in [6.45, 7) is 1.73. The molecule has 2 N–H and O–H groups in total. The topological polar surface area (TPSA) is 138 Å². The van der Waals surface area contributed by atoms with Crippen molar-refractivity contribution in [3.05, 3.63) is 69.7 Å². The number of nitrogen functional groups attached to an aromatic ring is 1. The number of nitrogens with zero attached hydrogens (tertiary/aromatic N) is 7. The predicted molar refractivity (Wildman–Crippen MR) is 115 cm³/mol. The number of nitrogens with two attached hydrogens (primary N) is 1. The van der Waals surface area contributed by atoms with Gasteiger partial charge in [0.15, 0.2) is 11.6 Å². The molecule has 1 aliphatic heterocycles. The third-order valence-corrected chi connectivity index (χ3v) is 5.51. The van der Waals surface area contributed by atoms with Gasteiger partial charge in [-0.05, 0) is 25.1 Å². The molecular weight excluding hydrogens is 427 g/mol. The van der Waals surface area contributed by atoms with E-state index in [-0.39, 0.29) is 29.4 Å². The maximum absolute atomic E-state index is 14.2. The molecule has 0 spiro atoms. The number of halogens is 1. The highest BCUT2D eigenvalue weighted by Crippen LogP contribution is 2.36. The second kappa shape index (κ2) is 7.52. The van der Waals surface area contributed by atoms with Crippen molar-refractivity contribution in [1.82, 2.24) is 29.5 Å². The first kappa shape index (κ1) is 20.3. The maximum atomic E-state index is 14.2. The predicted octanol–water partition coefficient (Wildman–Crippen LogP) is 2.20. The number of rotatable bonds is 0. The molecular formula is C22H17FN8O2. The summed E-state index contributed by atoms with van der Waals surface area (Å²) in [4.78, 5) is 17.3. The highest BCUT2D eigenvalue weighted by molar-refractivity contribution is 5.71. The number of benzene rings is 1. The second-order valence-corrected chi connectivity index (χ2v) is 7.57. The van der Waals surface area contributed by atoms with Crippen LogP contribution in [0.1, 0.15) is 30.0 Å². The summed E-state index contributed by atoms with van der Waals surface area (Å²) in [5.74, 6) is 0.111. The lowest BCUT2D eigenvalue weighted by atomic mass is 10.0. The summed E-state index contributed by atoms with van der Waals surface area (Å²) in [5, 5.41) is 22.3. The molecule has 1 aliphatic rings. The minimum Gasteiger partial charge on any atom is -0.482 e. The number of hydrogen-bond donors (Lipinski definition) is 1. The Bertz CT molecular complexity index is 1520. The van der Waals surface area contributed by atoms with Crippen LogP contribution >= 0.6 is 0 Å². The van der Waals surface area contributed by atoms with Crippen LogP contribution < -0.4 is 16.0 Å². The number of fused-ring (bicyclic) bond motifs is 7. The van der Waals surface area contributed by atoms with Crippen LogP contribution in [-0.4, -0.2) is 29.5 Å². The van der Waals surface area contributed by atoms with Crippen molar-refractivity contribution >= 4 is 5.82 Å². The molecule has 0 amide bonds. The fourth-order valence-electron chi connectivity index (χ4n) is 3.97. The summed E-state index contributed by atoms with van der Waals surface area (Å²) in [6.07, 6.45) is 0.717. The van der Waals surface area contributed by atoms with Crippen LogP contribution in [0.3, 0.4) is 0 Å². The van der Waals surface area contributed by atoms with Crippen LogP contribution in [0.15, 0.2) is 41.3 Å². The summed E-state index contributed by atoms with van der Waals surface area (Å²) >= 11 is 0. The van der Waals surface area contributed by atoms with E-state index in [9.17, 15) is 14.4 Å². The molecule has 0 aliphatic carbocycles. The average Bonchev–Trinajstić information content (AvgIpc) is 3.10. The van der Waals surface area contributed by atoms with Crippen molar-refractivity contribution in [3.63, 3.8) is 0 Å². The van der Waals surface area contributed by atoms with Crippen molar-refractivity contribution in [2.75, 3.05) is 5.73 Å². The number of aromatic nitrogens is 6. The lowest BCUT2D eigenvalue weighted by molar-refractivity contribution is 0.227. The quantitative estimate of drug-likeness (QED) is 0.436. The molecule has 1 aromatic carbocycles. The van der Waals surface area contributed by atoms with Gasteiger partial charge in [0.2, 0.25) is 0 Å². The third-order valence-electron chi connectivity index (χ3n) is 5.51. The number of hydrogen-bond acceptors (Lipinski definition) is 8. The van der Waals surface area contributed by atoms with Gasteiger partial charge >= 0.3 is 0 Å². The van der Waals surface area contributed by atoms with Crippen LogP contribution in [0.2, 0.25) is 0 Å². The molecule has 5 rings (SSSR count). The van der Waals surface area contributed by atoms with Gasteiger partial charge in [-0.15, -0.1) is 10.2 Å². The van der Waals surface area contributed by atoms with Crippen LogP contribution in [0, 0.1) is 17.1 Å². The molecule has 33 heavy (non-hydrogen) atoms. The van der Waals surface area contributed by atoms with E-state index in [1.807, 2.05) is 0 Å². The number of ether oxygens (including phenoxy) is 1. The first-order chi connectivity index (χ1) is 15.9. The van der Waals surface area contributed by atoms with Crippen molar-refractivity contribution in [2.24, 2.45) is 7.05 Å². The zero-order chi connectivity index (χ0) is 23.3. The van der Waals surface area contributed by atoms with Gasteiger partial charge in [-0.3, -0.25) is 14.0 Å². The molecule has 0 fully saturated rings. The molecule has 164 valence electrons. The van der Waals surface area contributed by atoms with Crippen molar-refractivity contribution in [2.45, 2.75) is 19.6 Å². The molecule has 3 aromatic heterocycles. The van der Waals surface area contributed by atoms with E-state index in [1.165, 1.54) is 33.6 Å².